The molecule has 2 aliphatic carbocycles. The lowest BCUT2D eigenvalue weighted by atomic mass is 9.46. The van der Waals surface area contributed by atoms with Gasteiger partial charge in [-0.15, -0.1) is 0 Å². The Morgan fingerprint density at radius 1 is 0.921 bits per heavy atom. The van der Waals surface area contributed by atoms with Crippen molar-refractivity contribution in [3.8, 4) is 11.3 Å². The first-order valence-electron chi connectivity index (χ1n) is 13.6. The number of aryl methyl sites for hydroxylation is 1. The average Bonchev–Trinajstić information content (AvgIpc) is 3.29. The zero-order valence-corrected chi connectivity index (χ0v) is 22.1. The first kappa shape index (κ1) is 24.4. The molecule has 4 nitrogen and oxygen atoms in total. The van der Waals surface area contributed by atoms with Crippen LogP contribution in [0.15, 0.2) is 91.0 Å². The summed E-state index contributed by atoms with van der Waals surface area (Å²) in [5.41, 5.74) is 5.96. The van der Waals surface area contributed by atoms with Crippen LogP contribution in [0.2, 0.25) is 0 Å². The summed E-state index contributed by atoms with van der Waals surface area (Å²) in [6.45, 7) is 10.4. The highest BCUT2D eigenvalue weighted by Crippen LogP contribution is 2.59. The summed E-state index contributed by atoms with van der Waals surface area (Å²) in [5.74, 6) is 0.206. The molecule has 0 amide bonds. The SMILES string of the molecule is [C-]#[N+]C1C[C@]2(C)c3nn(C)c(-c4ccccc4)c3CC[C@H]2C(Cc2ccccc2)(Cc2ccccc2)C1=O. The standard InChI is InChI=1S/C34H33N3O/c1-33-23-28(35-2)32(38)34(21-24-13-7-4-8-14-24,22-25-15-9-5-10-16-25)29(33)20-19-27-30(37(3)36-31(27)33)26-17-11-6-12-18-26/h4-18,28-29H,19-23H2,1,3H3/t28?,29-,33+/m1/s1. The third-order valence-corrected chi connectivity index (χ3v) is 9.14. The normalized spacial score (nSPS) is 23.8. The average molecular weight is 500 g/mol. The Morgan fingerprint density at radius 2 is 1.47 bits per heavy atom. The van der Waals surface area contributed by atoms with Crippen molar-refractivity contribution in [2.24, 2.45) is 18.4 Å². The molecule has 6 rings (SSSR count). The van der Waals surface area contributed by atoms with Gasteiger partial charge in [0.05, 0.1) is 11.4 Å². The maximum atomic E-state index is 14.5. The van der Waals surface area contributed by atoms with Gasteiger partial charge in [-0.25, -0.2) is 6.57 Å². The summed E-state index contributed by atoms with van der Waals surface area (Å²) >= 11 is 0. The van der Waals surface area contributed by atoms with Crippen LogP contribution in [0.3, 0.4) is 0 Å². The van der Waals surface area contributed by atoms with E-state index >= 15 is 0 Å². The molecule has 1 saturated carbocycles. The minimum absolute atomic E-state index is 0.0898. The molecule has 2 aliphatic rings. The van der Waals surface area contributed by atoms with E-state index < -0.39 is 11.5 Å². The molecule has 1 heterocycles. The summed E-state index contributed by atoms with van der Waals surface area (Å²) in [6.07, 6.45) is 3.60. The molecule has 1 unspecified atom stereocenters. The van der Waals surface area contributed by atoms with E-state index in [0.717, 1.165) is 35.4 Å². The maximum absolute atomic E-state index is 14.5. The lowest BCUT2D eigenvalue weighted by Gasteiger charge is -2.54. The first-order valence-corrected chi connectivity index (χ1v) is 13.6. The van der Waals surface area contributed by atoms with Crippen LogP contribution in [0, 0.1) is 17.9 Å². The van der Waals surface area contributed by atoms with Crippen LogP contribution >= 0.6 is 0 Å². The Hall–Kier alpha value is -3.97. The van der Waals surface area contributed by atoms with Crippen LogP contribution in [0.1, 0.15) is 42.1 Å². The Kier molecular flexibility index (Phi) is 6.03. The van der Waals surface area contributed by atoms with Crippen molar-refractivity contribution in [2.75, 3.05) is 0 Å². The minimum Gasteiger partial charge on any atom is -0.305 e. The Labute approximate surface area is 225 Å². The quantitative estimate of drug-likeness (QED) is 0.289. The number of carbonyl (C=O) groups is 1. The lowest BCUT2D eigenvalue weighted by molar-refractivity contribution is -0.141. The van der Waals surface area contributed by atoms with Crippen molar-refractivity contribution in [3.05, 3.63) is 125 Å². The second kappa shape index (κ2) is 9.40. The smallest absolute Gasteiger partial charge is 0.282 e. The van der Waals surface area contributed by atoms with E-state index in [9.17, 15) is 4.79 Å². The molecule has 190 valence electrons. The number of nitrogens with zero attached hydrogens (tertiary/aromatic N) is 3. The Morgan fingerprint density at radius 3 is 2.03 bits per heavy atom. The van der Waals surface area contributed by atoms with Crippen LogP contribution < -0.4 is 0 Å². The summed E-state index contributed by atoms with van der Waals surface area (Å²) in [6, 6.07) is 30.6. The third-order valence-electron chi connectivity index (χ3n) is 9.14. The maximum Gasteiger partial charge on any atom is 0.282 e. The van der Waals surface area contributed by atoms with Gasteiger partial charge in [0.1, 0.15) is 0 Å². The van der Waals surface area contributed by atoms with E-state index in [4.69, 9.17) is 11.7 Å². The molecule has 38 heavy (non-hydrogen) atoms. The van der Waals surface area contributed by atoms with Gasteiger partial charge in [-0.2, -0.15) is 5.10 Å². The molecule has 1 fully saturated rings. The van der Waals surface area contributed by atoms with Crippen molar-refractivity contribution in [1.82, 2.24) is 9.78 Å². The fourth-order valence-electron chi connectivity index (χ4n) is 7.62. The molecule has 3 atom stereocenters. The van der Waals surface area contributed by atoms with Gasteiger partial charge in [0.15, 0.2) is 0 Å². The zero-order chi connectivity index (χ0) is 26.3. The Balaban J connectivity index is 1.54. The zero-order valence-electron chi connectivity index (χ0n) is 22.1. The number of carbonyl (C=O) groups excluding carboxylic acids is 1. The highest BCUT2D eigenvalue weighted by Gasteiger charge is 2.64. The lowest BCUT2D eigenvalue weighted by Crippen LogP contribution is -2.61. The van der Waals surface area contributed by atoms with E-state index in [1.54, 1.807) is 0 Å². The molecule has 0 bridgehead atoms. The molecule has 0 N–H and O–H groups in total. The number of hydrogen-bond donors (Lipinski definition) is 0. The van der Waals surface area contributed by atoms with Crippen LogP contribution in [-0.4, -0.2) is 21.6 Å². The van der Waals surface area contributed by atoms with Gasteiger partial charge in [0.2, 0.25) is 5.78 Å². The van der Waals surface area contributed by atoms with E-state index in [2.05, 4.69) is 60.3 Å². The number of benzene rings is 3. The van der Waals surface area contributed by atoms with Crippen LogP contribution in [-0.2, 0) is 36.5 Å². The fourth-order valence-corrected chi connectivity index (χ4v) is 7.62. The van der Waals surface area contributed by atoms with Crippen molar-refractivity contribution in [3.63, 3.8) is 0 Å². The van der Waals surface area contributed by atoms with Gasteiger partial charge in [-0.3, -0.25) is 9.48 Å². The van der Waals surface area contributed by atoms with E-state index in [1.165, 1.54) is 11.1 Å². The van der Waals surface area contributed by atoms with E-state index in [-0.39, 0.29) is 17.1 Å². The minimum atomic E-state index is -0.674. The van der Waals surface area contributed by atoms with Gasteiger partial charge in [0, 0.05) is 35.4 Å². The molecule has 1 aromatic heterocycles. The van der Waals surface area contributed by atoms with Crippen LogP contribution in [0.25, 0.3) is 16.1 Å². The van der Waals surface area contributed by atoms with Crippen molar-refractivity contribution < 1.29 is 4.79 Å². The van der Waals surface area contributed by atoms with Crippen LogP contribution in [0.5, 0.6) is 0 Å². The van der Waals surface area contributed by atoms with Gasteiger partial charge >= 0.3 is 0 Å². The summed E-state index contributed by atoms with van der Waals surface area (Å²) < 4.78 is 2.02. The molecule has 4 heteroatoms. The molecular formula is C34H33N3O. The Bertz CT molecular complexity index is 1460. The number of Topliss-reactive ketones (excluding diaryl/α,β-unsaturated/α-hetero) is 1. The molecule has 3 aromatic carbocycles. The number of fused-ring (bicyclic) bond motifs is 3. The summed E-state index contributed by atoms with van der Waals surface area (Å²) in [5, 5.41) is 5.16. The molecule has 4 aromatic rings. The third kappa shape index (κ3) is 3.80. The number of ketones is 1. The number of hydrogen-bond acceptors (Lipinski definition) is 2. The van der Waals surface area contributed by atoms with Crippen LogP contribution in [0.4, 0.5) is 0 Å². The number of rotatable bonds is 5. The first-order chi connectivity index (χ1) is 18.5. The number of aromatic nitrogens is 2. The van der Waals surface area contributed by atoms with E-state index in [0.29, 0.717) is 19.3 Å². The largest absolute Gasteiger partial charge is 0.305 e. The van der Waals surface area contributed by atoms with Crippen molar-refractivity contribution in [2.45, 2.75) is 50.5 Å². The topological polar surface area (TPSA) is 39.2 Å². The van der Waals surface area contributed by atoms with Crippen molar-refractivity contribution in [1.29, 1.82) is 0 Å². The second-order valence-corrected chi connectivity index (χ2v) is 11.4. The van der Waals surface area contributed by atoms with Gasteiger partial charge < -0.3 is 4.85 Å². The van der Waals surface area contributed by atoms with Gasteiger partial charge in [-0.1, -0.05) is 97.9 Å². The highest BCUT2D eigenvalue weighted by atomic mass is 16.1. The molecule has 0 saturated heterocycles. The summed E-state index contributed by atoms with van der Waals surface area (Å²) in [4.78, 5) is 18.4. The predicted molar refractivity (Wildman–Crippen MR) is 151 cm³/mol. The van der Waals surface area contributed by atoms with Crippen molar-refractivity contribution >= 4 is 5.78 Å². The van der Waals surface area contributed by atoms with Gasteiger partial charge in [0.25, 0.3) is 6.04 Å². The predicted octanol–water partition coefficient (Wildman–Crippen LogP) is 6.64. The summed E-state index contributed by atoms with van der Waals surface area (Å²) in [7, 11) is 2.03. The fraction of sp³-hybridized carbons (Fsp3) is 0.324. The molecule has 0 spiro atoms. The highest BCUT2D eigenvalue weighted by molar-refractivity contribution is 5.93. The molecule has 0 radical (unpaired) electrons. The second-order valence-electron chi connectivity index (χ2n) is 11.4. The van der Waals surface area contributed by atoms with E-state index in [1.807, 2.05) is 54.2 Å². The monoisotopic (exact) mass is 499 g/mol. The van der Waals surface area contributed by atoms with Gasteiger partial charge in [-0.05, 0) is 42.7 Å². The molecule has 0 aliphatic heterocycles. The molecular weight excluding hydrogens is 466 g/mol.